The summed E-state index contributed by atoms with van der Waals surface area (Å²) in [6.45, 7) is 3.77. The van der Waals surface area contributed by atoms with Gasteiger partial charge in [-0.25, -0.2) is 4.79 Å². The number of ether oxygens (including phenoxy) is 1. The fourth-order valence-electron chi connectivity index (χ4n) is 3.22. The summed E-state index contributed by atoms with van der Waals surface area (Å²) in [5.74, 6) is -2.76. The van der Waals surface area contributed by atoms with Crippen LogP contribution in [0.2, 0.25) is 5.02 Å². The molecule has 2 N–H and O–H groups in total. The minimum atomic E-state index is -5.08. The third-order valence-electron chi connectivity index (χ3n) is 4.35. The van der Waals surface area contributed by atoms with E-state index in [1.54, 1.807) is 0 Å². The smallest absolute Gasteiger partial charge is 0.475 e. The van der Waals surface area contributed by atoms with Crippen LogP contribution in [0.1, 0.15) is 17.5 Å². The quantitative estimate of drug-likeness (QED) is 0.802. The Kier molecular flexibility index (Phi) is 4.63. The van der Waals surface area contributed by atoms with E-state index in [1.807, 2.05) is 0 Å². The first kappa shape index (κ1) is 17.3. The molecule has 0 spiro atoms. The molecule has 132 valence electrons. The first-order valence-electron chi connectivity index (χ1n) is 7.46. The van der Waals surface area contributed by atoms with E-state index in [4.69, 9.17) is 26.2 Å². The van der Waals surface area contributed by atoms with Crippen molar-refractivity contribution in [1.29, 1.82) is 0 Å². The number of anilines is 1. The van der Waals surface area contributed by atoms with Gasteiger partial charge in [0.1, 0.15) is 0 Å². The lowest BCUT2D eigenvalue weighted by Crippen LogP contribution is -2.37. The second kappa shape index (κ2) is 6.42. The zero-order valence-corrected chi connectivity index (χ0v) is 13.3. The van der Waals surface area contributed by atoms with Crippen molar-refractivity contribution in [2.45, 2.75) is 37.8 Å². The molecule has 3 heterocycles. The molecule has 1 aromatic rings. The number of hydrogen-bond donors (Lipinski definition) is 2. The molecule has 2 fully saturated rings. The van der Waals surface area contributed by atoms with Gasteiger partial charge in [0.05, 0.1) is 29.5 Å². The van der Waals surface area contributed by atoms with E-state index in [1.165, 1.54) is 16.8 Å². The molecule has 0 amide bonds. The Morgan fingerprint density at radius 3 is 2.46 bits per heavy atom. The van der Waals surface area contributed by atoms with Gasteiger partial charge < -0.3 is 20.1 Å². The Bertz CT molecular complexity index is 654. The molecule has 2 atom stereocenters. The number of morpholine rings is 1. The Morgan fingerprint density at radius 1 is 1.33 bits per heavy atom. The molecule has 4 rings (SSSR count). The molecule has 0 radical (unpaired) electrons. The van der Waals surface area contributed by atoms with Gasteiger partial charge in [0.25, 0.3) is 0 Å². The molecule has 0 saturated carbocycles. The second-order valence-electron chi connectivity index (χ2n) is 5.98. The number of benzene rings is 1. The predicted molar refractivity (Wildman–Crippen MR) is 81.2 cm³/mol. The standard InChI is InChI=1S/C13H15ClN2O.C2HF3O2/c14-12-1-8-4-15-5-9(8)2-13(12)16-6-11-3-10(16)7-17-11;3-2(4,5)1(6)7/h1-2,10-11,15H,3-7H2;(H,6,7)/t10-,11-;/m0./s1. The number of hydrogen-bond acceptors (Lipinski definition) is 4. The maximum atomic E-state index is 10.6. The number of nitrogens with one attached hydrogen (secondary N) is 1. The second-order valence-corrected chi connectivity index (χ2v) is 6.38. The number of carboxylic acid groups (broad SMARTS) is 1. The average Bonchev–Trinajstić information content (AvgIpc) is 3.21. The maximum absolute atomic E-state index is 10.6. The number of halogens is 4. The minimum Gasteiger partial charge on any atom is -0.475 e. The predicted octanol–water partition coefficient (Wildman–Crippen LogP) is 2.55. The third kappa shape index (κ3) is 3.45. The van der Waals surface area contributed by atoms with Crippen molar-refractivity contribution < 1.29 is 27.8 Å². The van der Waals surface area contributed by atoms with Gasteiger partial charge in [-0.3, -0.25) is 0 Å². The Morgan fingerprint density at radius 2 is 1.96 bits per heavy atom. The van der Waals surface area contributed by atoms with Gasteiger partial charge in [0.15, 0.2) is 0 Å². The summed E-state index contributed by atoms with van der Waals surface area (Å²) < 4.78 is 37.4. The van der Waals surface area contributed by atoms with E-state index in [0.717, 1.165) is 37.7 Å². The normalized spacial score (nSPS) is 24.6. The molecule has 0 aliphatic carbocycles. The first-order valence-corrected chi connectivity index (χ1v) is 7.84. The number of carboxylic acids is 1. The van der Waals surface area contributed by atoms with Crippen LogP contribution in [0.25, 0.3) is 0 Å². The molecule has 3 aliphatic rings. The lowest BCUT2D eigenvalue weighted by molar-refractivity contribution is -0.192. The minimum absolute atomic E-state index is 0.419. The zero-order valence-electron chi connectivity index (χ0n) is 12.6. The first-order chi connectivity index (χ1) is 11.3. The number of alkyl halides is 3. The molecule has 0 unspecified atom stereocenters. The van der Waals surface area contributed by atoms with Gasteiger partial charge >= 0.3 is 12.1 Å². The fourth-order valence-corrected chi connectivity index (χ4v) is 3.52. The molecular formula is C15H16ClF3N2O3. The van der Waals surface area contributed by atoms with Gasteiger partial charge in [-0.15, -0.1) is 0 Å². The summed E-state index contributed by atoms with van der Waals surface area (Å²) in [7, 11) is 0. The Balaban J connectivity index is 0.000000209. The molecular weight excluding hydrogens is 349 g/mol. The van der Waals surface area contributed by atoms with E-state index in [-0.39, 0.29) is 0 Å². The summed E-state index contributed by atoms with van der Waals surface area (Å²) >= 11 is 6.41. The number of aliphatic carboxylic acids is 1. The highest BCUT2D eigenvalue weighted by molar-refractivity contribution is 6.33. The van der Waals surface area contributed by atoms with Gasteiger partial charge in [-0.2, -0.15) is 13.2 Å². The summed E-state index contributed by atoms with van der Waals surface area (Å²) in [6.07, 6.45) is -3.51. The molecule has 5 nitrogen and oxygen atoms in total. The molecule has 24 heavy (non-hydrogen) atoms. The van der Waals surface area contributed by atoms with Crippen LogP contribution in [0.5, 0.6) is 0 Å². The SMILES string of the molecule is Clc1cc2c(cc1N1C[C@@H]3C[C@H]1CO3)CNC2.O=C(O)C(F)(F)F. The van der Waals surface area contributed by atoms with Crippen molar-refractivity contribution in [3.05, 3.63) is 28.3 Å². The average molecular weight is 365 g/mol. The van der Waals surface area contributed by atoms with E-state index < -0.39 is 12.1 Å². The van der Waals surface area contributed by atoms with E-state index in [2.05, 4.69) is 22.3 Å². The molecule has 9 heteroatoms. The zero-order chi connectivity index (χ0) is 17.5. The van der Waals surface area contributed by atoms with Crippen molar-refractivity contribution in [3.63, 3.8) is 0 Å². The summed E-state index contributed by atoms with van der Waals surface area (Å²) in [5.41, 5.74) is 3.94. The van der Waals surface area contributed by atoms with Gasteiger partial charge in [-0.1, -0.05) is 11.6 Å². The van der Waals surface area contributed by atoms with E-state index in [0.29, 0.717) is 12.1 Å². The van der Waals surface area contributed by atoms with Crippen LogP contribution in [0.3, 0.4) is 0 Å². The van der Waals surface area contributed by atoms with Gasteiger partial charge in [-0.05, 0) is 29.7 Å². The van der Waals surface area contributed by atoms with Crippen molar-refractivity contribution in [1.82, 2.24) is 5.32 Å². The highest BCUT2D eigenvalue weighted by atomic mass is 35.5. The number of fused-ring (bicyclic) bond motifs is 3. The van der Waals surface area contributed by atoms with E-state index >= 15 is 0 Å². The van der Waals surface area contributed by atoms with Crippen molar-refractivity contribution in [2.75, 3.05) is 18.1 Å². The van der Waals surface area contributed by atoms with Crippen LogP contribution in [-0.2, 0) is 22.6 Å². The van der Waals surface area contributed by atoms with Crippen LogP contribution in [0, 0.1) is 0 Å². The summed E-state index contributed by atoms with van der Waals surface area (Å²) in [5, 5.41) is 11.4. The fraction of sp³-hybridized carbons (Fsp3) is 0.533. The largest absolute Gasteiger partial charge is 0.490 e. The molecule has 0 aromatic heterocycles. The summed E-state index contributed by atoms with van der Waals surface area (Å²) in [6, 6.07) is 4.92. The van der Waals surface area contributed by atoms with Crippen LogP contribution in [0.4, 0.5) is 18.9 Å². The van der Waals surface area contributed by atoms with Crippen LogP contribution in [-0.4, -0.2) is 42.5 Å². The highest BCUT2D eigenvalue weighted by Gasteiger charge is 2.40. The van der Waals surface area contributed by atoms with E-state index in [9.17, 15) is 13.2 Å². The number of carbonyl (C=O) groups is 1. The molecule has 2 saturated heterocycles. The van der Waals surface area contributed by atoms with Crippen molar-refractivity contribution in [3.8, 4) is 0 Å². The monoisotopic (exact) mass is 364 g/mol. The van der Waals surface area contributed by atoms with Crippen LogP contribution >= 0.6 is 11.6 Å². The topological polar surface area (TPSA) is 61.8 Å². The van der Waals surface area contributed by atoms with Crippen LogP contribution < -0.4 is 10.2 Å². The third-order valence-corrected chi connectivity index (χ3v) is 4.66. The van der Waals surface area contributed by atoms with Gasteiger partial charge in [0.2, 0.25) is 0 Å². The lowest BCUT2D eigenvalue weighted by atomic mass is 10.1. The van der Waals surface area contributed by atoms with Crippen molar-refractivity contribution >= 4 is 23.3 Å². The summed E-state index contributed by atoms with van der Waals surface area (Å²) in [4.78, 5) is 11.3. The Labute approximate surface area is 141 Å². The molecule has 2 bridgehead atoms. The Hall–Kier alpha value is -1.51. The van der Waals surface area contributed by atoms with Crippen molar-refractivity contribution in [2.24, 2.45) is 0 Å². The number of nitrogens with zero attached hydrogens (tertiary/aromatic N) is 1. The maximum Gasteiger partial charge on any atom is 0.490 e. The lowest BCUT2D eigenvalue weighted by Gasteiger charge is -2.30. The van der Waals surface area contributed by atoms with Gasteiger partial charge in [0, 0.05) is 19.6 Å². The van der Waals surface area contributed by atoms with Crippen LogP contribution in [0.15, 0.2) is 12.1 Å². The molecule has 1 aromatic carbocycles. The molecule has 3 aliphatic heterocycles. The highest BCUT2D eigenvalue weighted by Crippen LogP contribution is 2.38. The number of rotatable bonds is 1.